The second kappa shape index (κ2) is 7.62. The molecular formula is C21H23N5. The number of rotatable bonds is 5. The van der Waals surface area contributed by atoms with Crippen LogP contribution in [0.3, 0.4) is 0 Å². The molecule has 1 fully saturated rings. The number of likely N-dealkylation sites (tertiary alicyclic amines) is 1. The molecule has 1 atom stereocenters. The van der Waals surface area contributed by atoms with Gasteiger partial charge in [0.2, 0.25) is 0 Å². The summed E-state index contributed by atoms with van der Waals surface area (Å²) in [6.45, 7) is 4.23. The Morgan fingerprint density at radius 1 is 1.12 bits per heavy atom. The fourth-order valence-corrected chi connectivity index (χ4v) is 3.60. The summed E-state index contributed by atoms with van der Waals surface area (Å²) in [5.41, 5.74) is 3.79. The van der Waals surface area contributed by atoms with E-state index in [1.165, 1.54) is 17.5 Å². The summed E-state index contributed by atoms with van der Waals surface area (Å²) >= 11 is 0. The van der Waals surface area contributed by atoms with Gasteiger partial charge in [0.1, 0.15) is 11.6 Å². The number of aromatic nitrogens is 3. The number of aryl methyl sites for hydroxylation is 1. The van der Waals surface area contributed by atoms with Crippen molar-refractivity contribution in [3.63, 3.8) is 0 Å². The first-order valence-electron chi connectivity index (χ1n) is 9.07. The van der Waals surface area contributed by atoms with Crippen molar-refractivity contribution in [2.75, 3.05) is 11.9 Å². The third kappa shape index (κ3) is 3.89. The highest BCUT2D eigenvalue weighted by atomic mass is 15.2. The van der Waals surface area contributed by atoms with Crippen molar-refractivity contribution >= 4 is 11.6 Å². The van der Waals surface area contributed by atoms with Crippen molar-refractivity contribution in [1.29, 1.82) is 0 Å². The summed E-state index contributed by atoms with van der Waals surface area (Å²) in [6.07, 6.45) is 7.39. The van der Waals surface area contributed by atoms with E-state index in [-0.39, 0.29) is 0 Å². The molecule has 3 heterocycles. The molecule has 0 spiro atoms. The third-order valence-corrected chi connectivity index (χ3v) is 4.76. The highest BCUT2D eigenvalue weighted by Gasteiger charge is 2.27. The maximum atomic E-state index is 4.84. The van der Waals surface area contributed by atoms with Gasteiger partial charge in [-0.3, -0.25) is 9.88 Å². The number of pyridine rings is 1. The van der Waals surface area contributed by atoms with Crippen LogP contribution in [0.5, 0.6) is 0 Å². The lowest BCUT2D eigenvalue weighted by molar-refractivity contribution is 0.244. The van der Waals surface area contributed by atoms with Gasteiger partial charge in [0.05, 0.1) is 17.9 Å². The Kier molecular flexibility index (Phi) is 4.88. The summed E-state index contributed by atoms with van der Waals surface area (Å²) in [5, 5.41) is 3.24. The fourth-order valence-electron chi connectivity index (χ4n) is 3.60. The van der Waals surface area contributed by atoms with E-state index in [0.717, 1.165) is 31.0 Å². The minimum atomic E-state index is 0.360. The van der Waals surface area contributed by atoms with E-state index >= 15 is 0 Å². The quantitative estimate of drug-likeness (QED) is 0.749. The average molecular weight is 345 g/mol. The molecule has 0 unspecified atom stereocenters. The molecule has 1 saturated heterocycles. The van der Waals surface area contributed by atoms with Crippen LogP contribution in [0.25, 0.3) is 0 Å². The lowest BCUT2D eigenvalue weighted by Gasteiger charge is -2.24. The molecule has 0 radical (unpaired) electrons. The first-order chi connectivity index (χ1) is 12.8. The van der Waals surface area contributed by atoms with Gasteiger partial charge in [-0.15, -0.1) is 0 Å². The summed E-state index contributed by atoms with van der Waals surface area (Å²) in [4.78, 5) is 15.7. The van der Waals surface area contributed by atoms with Crippen LogP contribution in [0.15, 0.2) is 61.1 Å². The largest absolute Gasteiger partial charge is 0.324 e. The third-order valence-electron chi connectivity index (χ3n) is 4.76. The van der Waals surface area contributed by atoms with Crippen molar-refractivity contribution in [1.82, 2.24) is 19.9 Å². The molecule has 5 nitrogen and oxygen atoms in total. The topological polar surface area (TPSA) is 53.9 Å². The van der Waals surface area contributed by atoms with Gasteiger partial charge in [-0.2, -0.15) is 0 Å². The Hall–Kier alpha value is -2.79. The second-order valence-electron chi connectivity index (χ2n) is 6.78. The summed E-state index contributed by atoms with van der Waals surface area (Å²) in [6, 6.07) is 15.3. The molecule has 0 saturated carbocycles. The average Bonchev–Trinajstić information content (AvgIpc) is 3.11. The van der Waals surface area contributed by atoms with E-state index in [1.54, 1.807) is 18.6 Å². The summed E-state index contributed by atoms with van der Waals surface area (Å²) in [7, 11) is 0. The molecule has 1 N–H and O–H groups in total. The van der Waals surface area contributed by atoms with E-state index in [2.05, 4.69) is 63.5 Å². The molecular weight excluding hydrogens is 322 g/mol. The number of benzene rings is 1. The molecule has 5 heteroatoms. The minimum absolute atomic E-state index is 0.360. The normalized spacial score (nSPS) is 17.3. The SMILES string of the molecule is Cc1cccc(CN2CCC[C@@H]2c2cccc(Nc3cnccn3)n2)c1. The zero-order chi connectivity index (χ0) is 17.8. The molecule has 4 rings (SSSR count). The van der Waals surface area contributed by atoms with Crippen LogP contribution >= 0.6 is 0 Å². The van der Waals surface area contributed by atoms with Gasteiger partial charge in [0.15, 0.2) is 0 Å². The summed E-state index contributed by atoms with van der Waals surface area (Å²) < 4.78 is 0. The van der Waals surface area contributed by atoms with Crippen LogP contribution in [0.1, 0.15) is 35.7 Å². The van der Waals surface area contributed by atoms with Gasteiger partial charge in [0.25, 0.3) is 0 Å². The van der Waals surface area contributed by atoms with Crippen LogP contribution < -0.4 is 5.32 Å². The second-order valence-corrected chi connectivity index (χ2v) is 6.78. The van der Waals surface area contributed by atoms with Gasteiger partial charge < -0.3 is 5.32 Å². The number of nitrogens with zero attached hydrogens (tertiary/aromatic N) is 4. The molecule has 2 aromatic heterocycles. The number of hydrogen-bond acceptors (Lipinski definition) is 5. The van der Waals surface area contributed by atoms with E-state index in [1.807, 2.05) is 6.07 Å². The van der Waals surface area contributed by atoms with Crippen LogP contribution in [0, 0.1) is 6.92 Å². The van der Waals surface area contributed by atoms with Crippen molar-refractivity contribution in [2.24, 2.45) is 0 Å². The Morgan fingerprint density at radius 2 is 2.04 bits per heavy atom. The Bertz CT molecular complexity index is 865. The fraction of sp³-hybridized carbons (Fsp3) is 0.286. The maximum Gasteiger partial charge on any atom is 0.150 e. The van der Waals surface area contributed by atoms with E-state index in [9.17, 15) is 0 Å². The van der Waals surface area contributed by atoms with Gasteiger partial charge in [-0.1, -0.05) is 35.9 Å². The predicted molar refractivity (Wildman–Crippen MR) is 103 cm³/mol. The highest BCUT2D eigenvalue weighted by molar-refractivity contribution is 5.50. The smallest absolute Gasteiger partial charge is 0.150 e. The molecule has 0 aliphatic carbocycles. The monoisotopic (exact) mass is 345 g/mol. The van der Waals surface area contributed by atoms with Gasteiger partial charge in [-0.25, -0.2) is 9.97 Å². The first kappa shape index (κ1) is 16.7. The molecule has 0 amide bonds. The van der Waals surface area contributed by atoms with E-state index in [4.69, 9.17) is 4.98 Å². The molecule has 1 aliphatic heterocycles. The van der Waals surface area contributed by atoms with Gasteiger partial charge >= 0.3 is 0 Å². The van der Waals surface area contributed by atoms with Crippen LogP contribution in [0.2, 0.25) is 0 Å². The van der Waals surface area contributed by atoms with Gasteiger partial charge in [0, 0.05) is 18.9 Å². The molecule has 1 aromatic carbocycles. The van der Waals surface area contributed by atoms with Crippen molar-refractivity contribution in [3.8, 4) is 0 Å². The molecule has 132 valence electrons. The molecule has 3 aromatic rings. The highest BCUT2D eigenvalue weighted by Crippen LogP contribution is 2.32. The van der Waals surface area contributed by atoms with Crippen molar-refractivity contribution in [3.05, 3.63) is 77.9 Å². The number of hydrogen-bond donors (Lipinski definition) is 1. The molecule has 26 heavy (non-hydrogen) atoms. The molecule has 0 bridgehead atoms. The standard InChI is InChI=1S/C21H23N5/c1-16-5-2-6-17(13-16)15-26-12-4-8-19(26)18-7-3-9-20(24-18)25-21-14-22-10-11-23-21/h2-3,5-7,9-11,13-14,19H,4,8,12,15H2,1H3,(H,23,24,25)/t19-/m1/s1. The van der Waals surface area contributed by atoms with Crippen molar-refractivity contribution < 1.29 is 0 Å². The van der Waals surface area contributed by atoms with Crippen LogP contribution in [-0.4, -0.2) is 26.4 Å². The first-order valence-corrected chi connectivity index (χ1v) is 9.07. The van der Waals surface area contributed by atoms with Crippen LogP contribution in [0.4, 0.5) is 11.6 Å². The van der Waals surface area contributed by atoms with E-state index < -0.39 is 0 Å². The number of nitrogens with one attached hydrogen (secondary N) is 1. The van der Waals surface area contributed by atoms with Crippen molar-refractivity contribution in [2.45, 2.75) is 32.4 Å². The Morgan fingerprint density at radius 3 is 2.88 bits per heavy atom. The Labute approximate surface area is 154 Å². The Balaban J connectivity index is 1.51. The lowest BCUT2D eigenvalue weighted by Crippen LogP contribution is -2.23. The minimum Gasteiger partial charge on any atom is -0.324 e. The maximum absolute atomic E-state index is 4.84. The zero-order valence-corrected chi connectivity index (χ0v) is 15.0. The van der Waals surface area contributed by atoms with E-state index in [0.29, 0.717) is 11.9 Å². The predicted octanol–water partition coefficient (Wildman–Crippen LogP) is 4.26. The molecule has 1 aliphatic rings. The van der Waals surface area contributed by atoms with Crippen LogP contribution in [-0.2, 0) is 6.54 Å². The van der Waals surface area contributed by atoms with Gasteiger partial charge in [-0.05, 0) is 44.0 Å². The lowest BCUT2D eigenvalue weighted by atomic mass is 10.1. The summed E-state index contributed by atoms with van der Waals surface area (Å²) in [5.74, 6) is 1.52. The zero-order valence-electron chi connectivity index (χ0n) is 15.0. The number of anilines is 2.